The van der Waals surface area contributed by atoms with Gasteiger partial charge in [0.2, 0.25) is 0 Å². The Balaban J connectivity index is 1.48. The Hall–Kier alpha value is -2.92. The minimum absolute atomic E-state index is 0.148. The third kappa shape index (κ3) is 2.72. The number of aromatic nitrogens is 2. The van der Waals surface area contributed by atoms with Crippen LogP contribution in [-0.2, 0) is 19.3 Å². The van der Waals surface area contributed by atoms with Crippen LogP contribution in [0.25, 0.3) is 10.9 Å². The lowest BCUT2D eigenvalue weighted by Crippen LogP contribution is -2.41. The van der Waals surface area contributed by atoms with Gasteiger partial charge in [-0.1, -0.05) is 24.3 Å². The van der Waals surface area contributed by atoms with Crippen molar-refractivity contribution >= 4 is 28.1 Å². The number of nitrogens with zero attached hydrogens (tertiary/aromatic N) is 2. The molecule has 0 bridgehead atoms. The van der Waals surface area contributed by atoms with Crippen LogP contribution in [0, 0.1) is 0 Å². The van der Waals surface area contributed by atoms with Crippen molar-refractivity contribution in [3.63, 3.8) is 0 Å². The zero-order valence-electron chi connectivity index (χ0n) is 16.7. The van der Waals surface area contributed by atoms with Gasteiger partial charge in [0.25, 0.3) is 5.91 Å². The number of pyridine rings is 1. The molecule has 1 N–H and O–H groups in total. The Morgan fingerprint density at radius 3 is 2.80 bits per heavy atom. The fraction of sp³-hybridized carbons (Fsp3) is 0.280. The molecule has 1 aromatic carbocycles. The van der Waals surface area contributed by atoms with Gasteiger partial charge in [0, 0.05) is 39.6 Å². The molecule has 4 nitrogen and oxygen atoms in total. The number of aryl methyl sites for hydroxylation is 1. The summed E-state index contributed by atoms with van der Waals surface area (Å²) >= 11 is 1.76. The van der Waals surface area contributed by atoms with E-state index >= 15 is 0 Å². The number of H-pyrrole nitrogens is 1. The largest absolute Gasteiger partial charge is 0.356 e. The highest BCUT2D eigenvalue weighted by atomic mass is 32.1. The van der Waals surface area contributed by atoms with Crippen LogP contribution in [0.15, 0.2) is 54.0 Å². The number of thiophene rings is 1. The molecule has 1 atom stereocenters. The van der Waals surface area contributed by atoms with Gasteiger partial charge in [0.15, 0.2) is 0 Å². The highest BCUT2D eigenvalue weighted by molar-refractivity contribution is 7.10. The van der Waals surface area contributed by atoms with E-state index in [1.54, 1.807) is 11.3 Å². The quantitative estimate of drug-likeness (QED) is 0.485. The Morgan fingerprint density at radius 2 is 1.90 bits per heavy atom. The van der Waals surface area contributed by atoms with Gasteiger partial charge in [0.05, 0.1) is 11.3 Å². The fourth-order valence-electron chi connectivity index (χ4n) is 5.13. The molecule has 0 spiro atoms. The molecule has 1 amide bonds. The van der Waals surface area contributed by atoms with Crippen LogP contribution >= 0.6 is 11.3 Å². The van der Waals surface area contributed by atoms with E-state index in [1.807, 2.05) is 29.3 Å². The number of fused-ring (bicyclic) bond motifs is 4. The number of nitrogens with one attached hydrogen (secondary N) is 1. The minimum atomic E-state index is -0.186. The number of para-hydroxylation sites is 1. The maximum Gasteiger partial charge on any atom is 0.255 e. The first-order chi connectivity index (χ1) is 14.8. The molecule has 4 aromatic rings. The molecule has 4 heterocycles. The van der Waals surface area contributed by atoms with Gasteiger partial charge in [0.1, 0.15) is 6.04 Å². The van der Waals surface area contributed by atoms with Crippen LogP contribution in [0.5, 0.6) is 0 Å². The third-order valence-corrected chi connectivity index (χ3v) is 7.64. The number of aromatic amines is 1. The summed E-state index contributed by atoms with van der Waals surface area (Å²) in [7, 11) is 0. The Morgan fingerprint density at radius 1 is 1.03 bits per heavy atom. The van der Waals surface area contributed by atoms with Gasteiger partial charge < -0.3 is 9.88 Å². The molecule has 0 saturated heterocycles. The normalized spacial score (nSPS) is 18.3. The third-order valence-electron chi connectivity index (χ3n) is 6.56. The second-order valence-electron chi connectivity index (χ2n) is 8.23. The molecule has 2 aliphatic rings. The molecule has 1 aliphatic heterocycles. The van der Waals surface area contributed by atoms with E-state index in [2.05, 4.69) is 39.6 Å². The van der Waals surface area contributed by atoms with E-state index in [4.69, 9.17) is 0 Å². The van der Waals surface area contributed by atoms with E-state index in [9.17, 15) is 4.79 Å². The molecule has 0 fully saturated rings. The van der Waals surface area contributed by atoms with Crippen molar-refractivity contribution in [1.82, 2.24) is 14.9 Å². The fourth-order valence-corrected chi connectivity index (χ4v) is 6.25. The zero-order chi connectivity index (χ0) is 20.1. The molecular weight excluding hydrogens is 390 g/mol. The first-order valence-corrected chi connectivity index (χ1v) is 11.6. The van der Waals surface area contributed by atoms with Crippen molar-refractivity contribution in [2.24, 2.45) is 0 Å². The van der Waals surface area contributed by atoms with Gasteiger partial charge in [-0.25, -0.2) is 0 Å². The van der Waals surface area contributed by atoms with Gasteiger partial charge in [-0.15, -0.1) is 11.3 Å². The van der Waals surface area contributed by atoms with Crippen LogP contribution in [-0.4, -0.2) is 27.3 Å². The minimum Gasteiger partial charge on any atom is -0.356 e. The Kier molecular flexibility index (Phi) is 4.23. The lowest BCUT2D eigenvalue weighted by Gasteiger charge is -2.35. The van der Waals surface area contributed by atoms with E-state index in [1.165, 1.54) is 34.2 Å². The topological polar surface area (TPSA) is 49.0 Å². The van der Waals surface area contributed by atoms with Gasteiger partial charge >= 0.3 is 0 Å². The highest BCUT2D eigenvalue weighted by Gasteiger charge is 2.37. The summed E-state index contributed by atoms with van der Waals surface area (Å²) in [4.78, 5) is 25.6. The Labute approximate surface area is 179 Å². The van der Waals surface area contributed by atoms with E-state index < -0.39 is 0 Å². The molecule has 1 unspecified atom stereocenters. The van der Waals surface area contributed by atoms with Gasteiger partial charge in [-0.05, 0) is 61.4 Å². The van der Waals surface area contributed by atoms with Crippen LogP contribution in [0.4, 0.5) is 0 Å². The number of carbonyl (C=O) groups excluding carboxylic acids is 1. The summed E-state index contributed by atoms with van der Waals surface area (Å²) in [5.41, 5.74) is 6.68. The summed E-state index contributed by atoms with van der Waals surface area (Å²) < 4.78 is 0. The molecule has 5 heteroatoms. The van der Waals surface area contributed by atoms with Crippen LogP contribution < -0.4 is 0 Å². The lowest BCUT2D eigenvalue weighted by molar-refractivity contribution is 0.0688. The van der Waals surface area contributed by atoms with Crippen molar-refractivity contribution < 1.29 is 4.79 Å². The number of hydrogen-bond acceptors (Lipinski definition) is 3. The molecule has 0 radical (unpaired) electrons. The number of carbonyl (C=O) groups is 1. The average Bonchev–Trinajstić information content (AvgIpc) is 3.40. The maximum atomic E-state index is 13.8. The van der Waals surface area contributed by atoms with E-state index in [0.717, 1.165) is 41.7 Å². The lowest BCUT2D eigenvalue weighted by atomic mass is 9.92. The second-order valence-corrected chi connectivity index (χ2v) is 9.19. The first-order valence-electron chi connectivity index (χ1n) is 10.7. The SMILES string of the molecule is O=C(c1csc2c1CCCC2)N1CCc2c([nH]c3ccccc23)C1c1ccccn1. The molecule has 3 aromatic heterocycles. The van der Waals surface area contributed by atoms with E-state index in [0.29, 0.717) is 6.54 Å². The summed E-state index contributed by atoms with van der Waals surface area (Å²) in [6, 6.07) is 14.2. The van der Waals surface area contributed by atoms with Gasteiger partial charge in [-0.3, -0.25) is 9.78 Å². The Bertz CT molecular complexity index is 1240. The number of benzene rings is 1. The van der Waals surface area contributed by atoms with E-state index in [-0.39, 0.29) is 11.9 Å². The molecular formula is C25H23N3OS. The van der Waals surface area contributed by atoms with Crippen molar-refractivity contribution in [3.8, 4) is 0 Å². The summed E-state index contributed by atoms with van der Waals surface area (Å²) in [6.45, 7) is 0.708. The molecule has 6 rings (SSSR count). The first kappa shape index (κ1) is 17.9. The van der Waals surface area contributed by atoms with Crippen LogP contribution in [0.3, 0.4) is 0 Å². The van der Waals surface area contributed by atoms with Crippen LogP contribution in [0.1, 0.15) is 56.6 Å². The molecule has 1 aliphatic carbocycles. The summed E-state index contributed by atoms with van der Waals surface area (Å²) in [5.74, 6) is 0.148. The highest BCUT2D eigenvalue weighted by Crippen LogP contribution is 2.40. The van der Waals surface area contributed by atoms with Crippen molar-refractivity contribution in [2.45, 2.75) is 38.1 Å². The number of rotatable bonds is 2. The average molecular weight is 414 g/mol. The molecule has 0 saturated carbocycles. The van der Waals surface area contributed by atoms with Crippen LogP contribution in [0.2, 0.25) is 0 Å². The zero-order valence-corrected chi connectivity index (χ0v) is 17.5. The summed E-state index contributed by atoms with van der Waals surface area (Å²) in [6.07, 6.45) is 7.24. The standard InChI is InChI=1S/C25H23N3OS/c29-25(19-15-30-22-11-4-2-8-17(19)22)28-14-12-18-16-7-1-3-9-20(16)27-23(18)24(28)21-10-5-6-13-26-21/h1,3,5-7,9-10,13,15,24,27H,2,4,8,11-12,14H2. The molecule has 30 heavy (non-hydrogen) atoms. The molecule has 150 valence electrons. The van der Waals surface area contributed by atoms with Crippen molar-refractivity contribution in [1.29, 1.82) is 0 Å². The van der Waals surface area contributed by atoms with Gasteiger partial charge in [-0.2, -0.15) is 0 Å². The number of hydrogen-bond donors (Lipinski definition) is 1. The van der Waals surface area contributed by atoms with Crippen molar-refractivity contribution in [2.75, 3.05) is 6.54 Å². The number of amides is 1. The second kappa shape index (κ2) is 7.10. The predicted octanol–water partition coefficient (Wildman–Crippen LogP) is 5.29. The maximum absolute atomic E-state index is 13.8. The smallest absolute Gasteiger partial charge is 0.255 e. The van der Waals surface area contributed by atoms with Crippen molar-refractivity contribution in [3.05, 3.63) is 87.0 Å². The summed E-state index contributed by atoms with van der Waals surface area (Å²) in [5, 5.41) is 3.35. The predicted molar refractivity (Wildman–Crippen MR) is 120 cm³/mol. The monoisotopic (exact) mass is 413 g/mol.